The maximum atomic E-state index is 11.9. The summed E-state index contributed by atoms with van der Waals surface area (Å²) < 4.78 is 1.34. The summed E-state index contributed by atoms with van der Waals surface area (Å²) in [4.78, 5) is 35.1. The third-order valence-electron chi connectivity index (χ3n) is 2.95. The predicted octanol–water partition coefficient (Wildman–Crippen LogP) is 0.887. The van der Waals surface area contributed by atoms with Crippen LogP contribution in [0.25, 0.3) is 0 Å². The molecule has 0 saturated carbocycles. The SMILES string of the molecule is CC(=O)C(NC(=O)Cn1cccc(C)c1=O)C(C)C. The Labute approximate surface area is 112 Å². The number of hydrogen-bond acceptors (Lipinski definition) is 3. The van der Waals surface area contributed by atoms with Crippen molar-refractivity contribution in [1.29, 1.82) is 0 Å². The fraction of sp³-hybridized carbons (Fsp3) is 0.500. The highest BCUT2D eigenvalue weighted by Gasteiger charge is 2.20. The van der Waals surface area contributed by atoms with E-state index < -0.39 is 6.04 Å². The smallest absolute Gasteiger partial charge is 0.253 e. The minimum Gasteiger partial charge on any atom is -0.344 e. The van der Waals surface area contributed by atoms with Crippen LogP contribution in [0.15, 0.2) is 23.1 Å². The summed E-state index contributed by atoms with van der Waals surface area (Å²) in [6.07, 6.45) is 1.56. The molecule has 0 fully saturated rings. The molecule has 19 heavy (non-hydrogen) atoms. The number of ketones is 1. The van der Waals surface area contributed by atoms with Gasteiger partial charge in [-0.25, -0.2) is 0 Å². The van der Waals surface area contributed by atoms with Crippen molar-refractivity contribution in [3.8, 4) is 0 Å². The van der Waals surface area contributed by atoms with Crippen LogP contribution in [0.1, 0.15) is 26.3 Å². The first kappa shape index (κ1) is 15.1. The Hall–Kier alpha value is -1.91. The Morgan fingerprint density at radius 2 is 2.00 bits per heavy atom. The molecule has 0 radical (unpaired) electrons. The highest BCUT2D eigenvalue weighted by Crippen LogP contribution is 2.02. The van der Waals surface area contributed by atoms with Crippen molar-refractivity contribution in [1.82, 2.24) is 9.88 Å². The minimum atomic E-state index is -0.506. The lowest BCUT2D eigenvalue weighted by Gasteiger charge is -2.19. The van der Waals surface area contributed by atoms with Crippen LogP contribution in [-0.4, -0.2) is 22.3 Å². The van der Waals surface area contributed by atoms with E-state index in [1.54, 1.807) is 25.3 Å². The summed E-state index contributed by atoms with van der Waals surface area (Å²) in [7, 11) is 0. The van der Waals surface area contributed by atoms with Gasteiger partial charge >= 0.3 is 0 Å². The molecule has 1 aromatic heterocycles. The van der Waals surface area contributed by atoms with E-state index in [1.807, 2.05) is 13.8 Å². The number of hydrogen-bond donors (Lipinski definition) is 1. The summed E-state index contributed by atoms with van der Waals surface area (Å²) >= 11 is 0. The Morgan fingerprint density at radius 1 is 1.37 bits per heavy atom. The second kappa shape index (κ2) is 6.31. The largest absolute Gasteiger partial charge is 0.344 e. The van der Waals surface area contributed by atoms with E-state index in [2.05, 4.69) is 5.32 Å². The molecule has 0 aromatic carbocycles. The Kier molecular flexibility index (Phi) is 5.03. The number of Topliss-reactive ketones (excluding diaryl/α,β-unsaturated/α-hetero) is 1. The van der Waals surface area contributed by atoms with E-state index in [9.17, 15) is 14.4 Å². The molecular weight excluding hydrogens is 244 g/mol. The van der Waals surface area contributed by atoms with Crippen molar-refractivity contribution in [3.63, 3.8) is 0 Å². The van der Waals surface area contributed by atoms with Crippen LogP contribution in [0.3, 0.4) is 0 Å². The van der Waals surface area contributed by atoms with Gasteiger partial charge in [-0.15, -0.1) is 0 Å². The average molecular weight is 264 g/mol. The molecule has 1 unspecified atom stereocenters. The quantitative estimate of drug-likeness (QED) is 0.858. The zero-order valence-corrected chi connectivity index (χ0v) is 11.8. The topological polar surface area (TPSA) is 68.2 Å². The zero-order chi connectivity index (χ0) is 14.6. The molecule has 1 aromatic rings. The van der Waals surface area contributed by atoms with Gasteiger partial charge in [-0.3, -0.25) is 14.4 Å². The molecule has 0 saturated heterocycles. The average Bonchev–Trinajstić information content (AvgIpc) is 2.31. The van der Waals surface area contributed by atoms with Crippen molar-refractivity contribution >= 4 is 11.7 Å². The maximum absolute atomic E-state index is 11.9. The molecule has 104 valence electrons. The zero-order valence-electron chi connectivity index (χ0n) is 11.8. The number of amides is 1. The number of aryl methyl sites for hydroxylation is 1. The van der Waals surface area contributed by atoms with Crippen LogP contribution < -0.4 is 10.9 Å². The predicted molar refractivity (Wildman–Crippen MR) is 72.9 cm³/mol. The van der Waals surface area contributed by atoms with E-state index in [4.69, 9.17) is 0 Å². The minimum absolute atomic E-state index is 0.0238. The summed E-state index contributed by atoms with van der Waals surface area (Å²) in [5.41, 5.74) is 0.392. The Bertz CT molecular complexity index is 532. The monoisotopic (exact) mass is 264 g/mol. The maximum Gasteiger partial charge on any atom is 0.253 e. The van der Waals surface area contributed by atoms with Crippen LogP contribution in [0.5, 0.6) is 0 Å². The summed E-state index contributed by atoms with van der Waals surface area (Å²) in [5, 5.41) is 2.66. The molecule has 0 aliphatic rings. The molecule has 5 nitrogen and oxygen atoms in total. The number of pyridine rings is 1. The molecule has 1 rings (SSSR count). The Balaban J connectivity index is 2.78. The lowest BCUT2D eigenvalue weighted by molar-refractivity contribution is -0.128. The van der Waals surface area contributed by atoms with E-state index in [0.717, 1.165) is 0 Å². The van der Waals surface area contributed by atoms with Gasteiger partial charge in [0, 0.05) is 11.8 Å². The number of nitrogens with zero attached hydrogens (tertiary/aromatic N) is 1. The van der Waals surface area contributed by atoms with Gasteiger partial charge < -0.3 is 9.88 Å². The number of rotatable bonds is 5. The lowest BCUT2D eigenvalue weighted by atomic mass is 10.0. The van der Waals surface area contributed by atoms with Crippen molar-refractivity contribution in [2.75, 3.05) is 0 Å². The molecule has 1 N–H and O–H groups in total. The van der Waals surface area contributed by atoms with Gasteiger partial charge in [0.15, 0.2) is 5.78 Å². The molecule has 1 amide bonds. The van der Waals surface area contributed by atoms with Crippen LogP contribution in [-0.2, 0) is 16.1 Å². The second-order valence-corrected chi connectivity index (χ2v) is 5.02. The molecule has 1 atom stereocenters. The normalized spacial score (nSPS) is 12.3. The third kappa shape index (κ3) is 4.05. The van der Waals surface area contributed by atoms with Gasteiger partial charge in [-0.1, -0.05) is 19.9 Å². The molecule has 0 spiro atoms. The summed E-state index contributed by atoms with van der Waals surface area (Å²) in [6, 6.07) is 2.91. The van der Waals surface area contributed by atoms with Gasteiger partial charge in [-0.2, -0.15) is 0 Å². The van der Waals surface area contributed by atoms with Crippen molar-refractivity contribution in [3.05, 3.63) is 34.2 Å². The van der Waals surface area contributed by atoms with Gasteiger partial charge in [0.1, 0.15) is 6.54 Å². The van der Waals surface area contributed by atoms with Crippen LogP contribution in [0.2, 0.25) is 0 Å². The summed E-state index contributed by atoms with van der Waals surface area (Å²) in [5.74, 6) is -0.391. The number of aromatic nitrogens is 1. The molecule has 5 heteroatoms. The first-order chi connectivity index (χ1) is 8.82. The first-order valence-electron chi connectivity index (χ1n) is 6.28. The van der Waals surface area contributed by atoms with Gasteiger partial charge in [0.05, 0.1) is 6.04 Å². The number of nitrogens with one attached hydrogen (secondary N) is 1. The van der Waals surface area contributed by atoms with Gasteiger partial charge in [-0.05, 0) is 25.8 Å². The molecule has 0 aliphatic carbocycles. The van der Waals surface area contributed by atoms with Crippen LogP contribution >= 0.6 is 0 Å². The summed E-state index contributed by atoms with van der Waals surface area (Å²) in [6.45, 7) is 6.81. The van der Waals surface area contributed by atoms with Crippen LogP contribution in [0, 0.1) is 12.8 Å². The highest BCUT2D eigenvalue weighted by molar-refractivity contribution is 5.87. The molecule has 1 heterocycles. The molecule has 0 bridgehead atoms. The number of carbonyl (C=O) groups excluding carboxylic acids is 2. The number of carbonyl (C=O) groups is 2. The van der Waals surface area contributed by atoms with Crippen molar-refractivity contribution in [2.45, 2.75) is 40.3 Å². The fourth-order valence-corrected chi connectivity index (χ4v) is 1.89. The van der Waals surface area contributed by atoms with E-state index in [1.165, 1.54) is 11.5 Å². The Morgan fingerprint density at radius 3 is 2.53 bits per heavy atom. The van der Waals surface area contributed by atoms with E-state index in [-0.39, 0.29) is 29.7 Å². The fourth-order valence-electron chi connectivity index (χ4n) is 1.89. The van der Waals surface area contributed by atoms with Gasteiger partial charge in [0.25, 0.3) is 5.56 Å². The lowest BCUT2D eigenvalue weighted by Crippen LogP contribution is -2.45. The third-order valence-corrected chi connectivity index (χ3v) is 2.95. The van der Waals surface area contributed by atoms with Crippen molar-refractivity contribution < 1.29 is 9.59 Å². The van der Waals surface area contributed by atoms with Gasteiger partial charge in [0.2, 0.25) is 5.91 Å². The molecular formula is C14H20N2O3. The molecule has 0 aliphatic heterocycles. The van der Waals surface area contributed by atoms with Crippen LogP contribution in [0.4, 0.5) is 0 Å². The van der Waals surface area contributed by atoms with E-state index >= 15 is 0 Å². The standard InChI is InChI=1S/C14H20N2O3/c1-9(2)13(11(4)17)15-12(18)8-16-7-5-6-10(3)14(16)19/h5-7,9,13H,8H2,1-4H3,(H,15,18). The van der Waals surface area contributed by atoms with Crippen molar-refractivity contribution in [2.24, 2.45) is 5.92 Å². The van der Waals surface area contributed by atoms with E-state index in [0.29, 0.717) is 5.56 Å². The highest BCUT2D eigenvalue weighted by atomic mass is 16.2. The first-order valence-corrected chi connectivity index (χ1v) is 6.28. The second-order valence-electron chi connectivity index (χ2n) is 5.02.